The molecule has 5 heteroatoms. The molecular formula is C26H27F2N3. The highest BCUT2D eigenvalue weighted by Gasteiger charge is 2.24. The van der Waals surface area contributed by atoms with Crippen molar-refractivity contribution < 1.29 is 8.78 Å². The van der Waals surface area contributed by atoms with E-state index in [-0.39, 0.29) is 0 Å². The number of nitrogens with zero attached hydrogens (tertiary/aromatic N) is 3. The first-order valence-electron chi connectivity index (χ1n) is 10.8. The van der Waals surface area contributed by atoms with Crippen LogP contribution in [0.5, 0.6) is 0 Å². The summed E-state index contributed by atoms with van der Waals surface area (Å²) in [6.45, 7) is 7.57. The zero-order chi connectivity index (χ0) is 21.8. The number of anilines is 1. The Kier molecular flexibility index (Phi) is 6.40. The monoisotopic (exact) mass is 419 g/mol. The number of benzene rings is 1. The van der Waals surface area contributed by atoms with Crippen LogP contribution in [0.4, 0.5) is 14.6 Å². The summed E-state index contributed by atoms with van der Waals surface area (Å²) in [6.07, 6.45) is 8.91. The number of halogens is 2. The van der Waals surface area contributed by atoms with Gasteiger partial charge >= 0.3 is 0 Å². The van der Waals surface area contributed by atoms with Crippen molar-refractivity contribution in [2.45, 2.75) is 32.6 Å². The van der Waals surface area contributed by atoms with Gasteiger partial charge in [0, 0.05) is 48.4 Å². The zero-order valence-corrected chi connectivity index (χ0v) is 17.8. The van der Waals surface area contributed by atoms with Crippen molar-refractivity contribution in [1.82, 2.24) is 9.97 Å². The van der Waals surface area contributed by atoms with E-state index in [1.165, 1.54) is 6.07 Å². The Bertz CT molecular complexity index is 1070. The summed E-state index contributed by atoms with van der Waals surface area (Å²) >= 11 is 0. The summed E-state index contributed by atoms with van der Waals surface area (Å²) in [7, 11) is 0. The first-order valence-corrected chi connectivity index (χ1v) is 10.8. The zero-order valence-electron chi connectivity index (χ0n) is 17.8. The molecule has 1 aliphatic rings. The molecule has 0 unspecified atom stereocenters. The molecular weight excluding hydrogens is 392 g/mol. The lowest BCUT2D eigenvalue weighted by molar-refractivity contribution is 0.396. The van der Waals surface area contributed by atoms with E-state index in [2.05, 4.69) is 28.6 Å². The molecule has 1 saturated heterocycles. The van der Waals surface area contributed by atoms with Gasteiger partial charge in [0.1, 0.15) is 17.5 Å². The largest absolute Gasteiger partial charge is 0.356 e. The second-order valence-corrected chi connectivity index (χ2v) is 8.21. The van der Waals surface area contributed by atoms with E-state index in [1.54, 1.807) is 12.3 Å². The topological polar surface area (TPSA) is 29.0 Å². The summed E-state index contributed by atoms with van der Waals surface area (Å²) < 4.78 is 27.2. The molecule has 3 aromatic rings. The highest BCUT2D eigenvalue weighted by atomic mass is 19.1. The molecule has 0 spiro atoms. The Morgan fingerprint density at radius 1 is 1.10 bits per heavy atom. The van der Waals surface area contributed by atoms with Gasteiger partial charge in [0.2, 0.25) is 0 Å². The number of aromatic nitrogens is 2. The Hall–Kier alpha value is -3.08. The average Bonchev–Trinajstić information content (AvgIpc) is 2.77. The number of hydrogen-bond donors (Lipinski definition) is 0. The fourth-order valence-corrected chi connectivity index (χ4v) is 4.35. The van der Waals surface area contributed by atoms with Gasteiger partial charge in [-0.05, 0) is 67.9 Å². The first kappa shape index (κ1) is 21.2. The van der Waals surface area contributed by atoms with Crippen LogP contribution in [0.2, 0.25) is 0 Å². The van der Waals surface area contributed by atoms with Gasteiger partial charge < -0.3 is 4.90 Å². The number of piperidine rings is 1. The molecule has 0 amide bonds. The number of hydrogen-bond acceptors (Lipinski definition) is 3. The second kappa shape index (κ2) is 9.38. The fraction of sp³-hybridized carbons (Fsp3) is 0.308. The summed E-state index contributed by atoms with van der Waals surface area (Å²) in [6, 6.07) is 10.1. The lowest BCUT2D eigenvalue weighted by atomic mass is 9.89. The highest BCUT2D eigenvalue weighted by molar-refractivity contribution is 5.78. The fourth-order valence-electron chi connectivity index (χ4n) is 4.35. The minimum Gasteiger partial charge on any atom is -0.356 e. The van der Waals surface area contributed by atoms with Gasteiger partial charge in [-0.3, -0.25) is 4.98 Å². The molecule has 0 bridgehead atoms. The van der Waals surface area contributed by atoms with Gasteiger partial charge in [0.05, 0.1) is 0 Å². The molecule has 0 N–H and O–H groups in total. The highest BCUT2D eigenvalue weighted by Crippen LogP contribution is 2.34. The molecule has 0 radical (unpaired) electrons. The molecule has 2 aromatic heterocycles. The number of pyridine rings is 2. The standard InChI is InChI=1S/C26H27F2N3/c1-3-5-20-15-24(23-6-4-11-29-18(23)2)26(30-17-20)31-12-9-19(10-13-31)14-21-7-8-22(27)16-25(21)28/h3-4,6-8,11,15-17,19H,1,5,9-10,12-14H2,2H3. The molecule has 0 atom stereocenters. The van der Waals surface area contributed by atoms with Gasteiger partial charge in [-0.1, -0.05) is 18.2 Å². The molecule has 31 heavy (non-hydrogen) atoms. The molecule has 0 aliphatic carbocycles. The maximum Gasteiger partial charge on any atom is 0.136 e. The van der Waals surface area contributed by atoms with Crippen LogP contribution >= 0.6 is 0 Å². The third-order valence-corrected chi connectivity index (χ3v) is 6.04. The minimum absolute atomic E-state index is 0.375. The van der Waals surface area contributed by atoms with E-state index in [0.29, 0.717) is 17.9 Å². The quantitative estimate of drug-likeness (QED) is 0.465. The molecule has 160 valence electrons. The van der Waals surface area contributed by atoms with Crippen molar-refractivity contribution in [2.24, 2.45) is 5.92 Å². The van der Waals surface area contributed by atoms with E-state index in [0.717, 1.165) is 66.6 Å². The summed E-state index contributed by atoms with van der Waals surface area (Å²) in [5.74, 6) is 0.367. The molecule has 1 fully saturated rings. The molecule has 0 saturated carbocycles. The van der Waals surface area contributed by atoms with Crippen LogP contribution in [0.25, 0.3) is 11.1 Å². The first-order chi connectivity index (χ1) is 15.0. The van der Waals surface area contributed by atoms with Crippen molar-refractivity contribution in [3.05, 3.63) is 89.9 Å². The van der Waals surface area contributed by atoms with E-state index < -0.39 is 11.6 Å². The van der Waals surface area contributed by atoms with Crippen LogP contribution in [0.1, 0.15) is 29.7 Å². The average molecular weight is 420 g/mol. The van der Waals surface area contributed by atoms with Gasteiger partial charge in [0.15, 0.2) is 0 Å². The minimum atomic E-state index is -0.528. The van der Waals surface area contributed by atoms with Crippen LogP contribution < -0.4 is 4.90 Å². The SMILES string of the molecule is C=CCc1cnc(N2CCC(Cc3ccc(F)cc3F)CC2)c(-c2cccnc2C)c1. The van der Waals surface area contributed by atoms with E-state index in [4.69, 9.17) is 4.98 Å². The Morgan fingerprint density at radius 3 is 2.61 bits per heavy atom. The van der Waals surface area contributed by atoms with Crippen molar-refractivity contribution in [1.29, 1.82) is 0 Å². The van der Waals surface area contributed by atoms with E-state index >= 15 is 0 Å². The predicted molar refractivity (Wildman–Crippen MR) is 121 cm³/mol. The number of aryl methyl sites for hydroxylation is 1. The summed E-state index contributed by atoms with van der Waals surface area (Å²) in [5.41, 5.74) is 4.87. The third-order valence-electron chi connectivity index (χ3n) is 6.04. The van der Waals surface area contributed by atoms with Crippen LogP contribution in [0.3, 0.4) is 0 Å². The third kappa shape index (κ3) is 4.82. The van der Waals surface area contributed by atoms with Gasteiger partial charge in [-0.15, -0.1) is 6.58 Å². The molecule has 3 nitrogen and oxygen atoms in total. The van der Waals surface area contributed by atoms with Crippen molar-refractivity contribution >= 4 is 5.82 Å². The van der Waals surface area contributed by atoms with Crippen molar-refractivity contribution in [3.63, 3.8) is 0 Å². The normalized spacial score (nSPS) is 14.6. The maximum atomic E-state index is 14.1. The summed E-state index contributed by atoms with van der Waals surface area (Å²) in [5, 5.41) is 0. The van der Waals surface area contributed by atoms with Crippen molar-refractivity contribution in [3.8, 4) is 11.1 Å². The molecule has 1 aliphatic heterocycles. The van der Waals surface area contributed by atoms with E-state index in [9.17, 15) is 8.78 Å². The van der Waals surface area contributed by atoms with Gasteiger partial charge in [-0.2, -0.15) is 0 Å². The molecule has 3 heterocycles. The van der Waals surface area contributed by atoms with Gasteiger partial charge in [-0.25, -0.2) is 13.8 Å². The predicted octanol–water partition coefficient (Wildman–Crippen LogP) is 5.92. The number of rotatable bonds is 6. The lowest BCUT2D eigenvalue weighted by Crippen LogP contribution is -2.35. The van der Waals surface area contributed by atoms with Crippen LogP contribution in [-0.4, -0.2) is 23.1 Å². The van der Waals surface area contributed by atoms with Gasteiger partial charge in [0.25, 0.3) is 0 Å². The molecule has 1 aromatic carbocycles. The summed E-state index contributed by atoms with van der Waals surface area (Å²) in [4.78, 5) is 11.6. The second-order valence-electron chi connectivity index (χ2n) is 8.21. The smallest absolute Gasteiger partial charge is 0.136 e. The van der Waals surface area contributed by atoms with Crippen molar-refractivity contribution in [2.75, 3.05) is 18.0 Å². The van der Waals surface area contributed by atoms with Crippen LogP contribution in [-0.2, 0) is 12.8 Å². The maximum absolute atomic E-state index is 14.1. The van der Waals surface area contributed by atoms with E-state index in [1.807, 2.05) is 25.3 Å². The Labute approximate surface area is 182 Å². The molecule has 4 rings (SSSR count). The number of allylic oxidation sites excluding steroid dienone is 1. The Morgan fingerprint density at radius 2 is 1.90 bits per heavy atom. The van der Waals surface area contributed by atoms with Crippen LogP contribution in [0, 0.1) is 24.5 Å². The lowest BCUT2D eigenvalue weighted by Gasteiger charge is -2.34. The Balaban J connectivity index is 1.54. The van der Waals surface area contributed by atoms with Crippen LogP contribution in [0.15, 0.2) is 61.4 Å².